The van der Waals surface area contributed by atoms with Crippen LogP contribution in [0.4, 0.5) is 0 Å². The van der Waals surface area contributed by atoms with Crippen LogP contribution in [-0.4, -0.2) is 6.54 Å². The van der Waals surface area contributed by atoms with Crippen LogP contribution in [0.5, 0.6) is 0 Å². The third kappa shape index (κ3) is 3.21. The first-order chi connectivity index (χ1) is 8.70. The van der Waals surface area contributed by atoms with E-state index in [4.69, 9.17) is 0 Å². The fourth-order valence-corrected chi connectivity index (χ4v) is 2.29. The molecule has 2 rings (SSSR count). The van der Waals surface area contributed by atoms with Gasteiger partial charge in [-0.1, -0.05) is 59.3 Å². The highest BCUT2D eigenvalue weighted by molar-refractivity contribution is 9.10. The van der Waals surface area contributed by atoms with Gasteiger partial charge in [-0.25, -0.2) is 0 Å². The molecule has 0 aliphatic carbocycles. The summed E-state index contributed by atoms with van der Waals surface area (Å²) >= 11 is 3.46. The van der Waals surface area contributed by atoms with Gasteiger partial charge in [0, 0.05) is 10.5 Å². The predicted octanol–water partition coefficient (Wildman–Crippen LogP) is 4.79. The van der Waals surface area contributed by atoms with E-state index in [1.165, 1.54) is 16.7 Å². The van der Waals surface area contributed by atoms with Gasteiger partial charge in [-0.3, -0.25) is 0 Å². The van der Waals surface area contributed by atoms with Crippen LogP contribution in [0, 0.1) is 0 Å². The average Bonchev–Trinajstić information content (AvgIpc) is 2.40. The van der Waals surface area contributed by atoms with Crippen molar-refractivity contribution in [2.45, 2.75) is 19.9 Å². The van der Waals surface area contributed by atoms with Crippen LogP contribution in [0.3, 0.4) is 0 Å². The average molecular weight is 304 g/mol. The topological polar surface area (TPSA) is 12.0 Å². The van der Waals surface area contributed by atoms with E-state index in [1.54, 1.807) is 0 Å². The molecule has 0 amide bonds. The van der Waals surface area contributed by atoms with Crippen molar-refractivity contribution in [3.05, 3.63) is 58.6 Å². The molecule has 0 aliphatic heterocycles. The number of benzene rings is 2. The molecule has 0 bridgehead atoms. The van der Waals surface area contributed by atoms with Gasteiger partial charge in [-0.2, -0.15) is 0 Å². The first kappa shape index (κ1) is 13.3. The maximum Gasteiger partial charge on any atom is 0.0291 e. The number of hydrogen-bond acceptors (Lipinski definition) is 1. The van der Waals surface area contributed by atoms with E-state index in [1.807, 2.05) is 0 Å². The molecular formula is C16H18BrN. The van der Waals surface area contributed by atoms with E-state index in [9.17, 15) is 0 Å². The predicted molar refractivity (Wildman–Crippen MR) is 81.7 cm³/mol. The van der Waals surface area contributed by atoms with Crippen molar-refractivity contribution in [3.8, 4) is 11.1 Å². The van der Waals surface area contributed by atoms with Crippen molar-refractivity contribution in [1.82, 2.24) is 5.32 Å². The van der Waals surface area contributed by atoms with E-state index in [2.05, 4.69) is 83.6 Å². The van der Waals surface area contributed by atoms with Crippen LogP contribution >= 0.6 is 15.9 Å². The van der Waals surface area contributed by atoms with E-state index in [0.29, 0.717) is 6.04 Å². The van der Waals surface area contributed by atoms with Gasteiger partial charge in [-0.05, 0) is 42.3 Å². The normalized spacial score (nSPS) is 12.4. The van der Waals surface area contributed by atoms with E-state index in [0.717, 1.165) is 11.0 Å². The van der Waals surface area contributed by atoms with Gasteiger partial charge in [0.25, 0.3) is 0 Å². The maximum atomic E-state index is 3.46. The molecule has 0 heterocycles. The molecule has 0 fully saturated rings. The van der Waals surface area contributed by atoms with Crippen molar-refractivity contribution in [2.24, 2.45) is 0 Å². The minimum Gasteiger partial charge on any atom is -0.310 e. The molecule has 2 heteroatoms. The quantitative estimate of drug-likeness (QED) is 0.856. The Labute approximate surface area is 117 Å². The summed E-state index contributed by atoms with van der Waals surface area (Å²) in [6.45, 7) is 5.32. The smallest absolute Gasteiger partial charge is 0.0291 e. The molecule has 1 unspecified atom stereocenters. The zero-order chi connectivity index (χ0) is 13.0. The van der Waals surface area contributed by atoms with Gasteiger partial charge in [0.1, 0.15) is 0 Å². The molecule has 2 aromatic rings. The first-order valence-corrected chi connectivity index (χ1v) is 7.09. The summed E-state index contributed by atoms with van der Waals surface area (Å²) < 4.78 is 1.11. The lowest BCUT2D eigenvalue weighted by Gasteiger charge is -2.13. The van der Waals surface area contributed by atoms with Crippen LogP contribution in [0.25, 0.3) is 11.1 Å². The molecule has 0 aliphatic rings. The Kier molecular flexibility index (Phi) is 4.56. The molecule has 0 saturated carbocycles. The summed E-state index contributed by atoms with van der Waals surface area (Å²) in [5.74, 6) is 0. The van der Waals surface area contributed by atoms with E-state index in [-0.39, 0.29) is 0 Å². The number of halogens is 1. The van der Waals surface area contributed by atoms with Crippen LogP contribution in [0.2, 0.25) is 0 Å². The van der Waals surface area contributed by atoms with Gasteiger partial charge in [0.2, 0.25) is 0 Å². The minimum atomic E-state index is 0.411. The third-order valence-electron chi connectivity index (χ3n) is 3.10. The monoisotopic (exact) mass is 303 g/mol. The summed E-state index contributed by atoms with van der Waals surface area (Å²) in [7, 11) is 0. The molecule has 94 valence electrons. The molecule has 0 radical (unpaired) electrons. The van der Waals surface area contributed by atoms with Gasteiger partial charge in [0.15, 0.2) is 0 Å². The van der Waals surface area contributed by atoms with Crippen LogP contribution in [-0.2, 0) is 0 Å². The summed E-state index contributed by atoms with van der Waals surface area (Å²) in [6.07, 6.45) is 0. The van der Waals surface area contributed by atoms with Gasteiger partial charge in [0.05, 0.1) is 0 Å². The van der Waals surface area contributed by atoms with Crippen molar-refractivity contribution < 1.29 is 0 Å². The number of nitrogens with one attached hydrogen (secondary N) is 1. The fraction of sp³-hybridized carbons (Fsp3) is 0.250. The highest BCUT2D eigenvalue weighted by Gasteiger charge is 2.03. The minimum absolute atomic E-state index is 0.411. The van der Waals surface area contributed by atoms with Crippen molar-refractivity contribution in [2.75, 3.05) is 6.54 Å². The summed E-state index contributed by atoms with van der Waals surface area (Å²) in [4.78, 5) is 0. The Morgan fingerprint density at radius 3 is 1.94 bits per heavy atom. The lowest BCUT2D eigenvalue weighted by Crippen LogP contribution is -2.17. The lowest BCUT2D eigenvalue weighted by molar-refractivity contribution is 0.598. The van der Waals surface area contributed by atoms with Crippen LogP contribution < -0.4 is 5.32 Å². The summed E-state index contributed by atoms with van der Waals surface area (Å²) in [5.41, 5.74) is 3.84. The molecule has 2 aromatic carbocycles. The molecule has 1 N–H and O–H groups in total. The Morgan fingerprint density at radius 2 is 1.44 bits per heavy atom. The van der Waals surface area contributed by atoms with Crippen LogP contribution in [0.1, 0.15) is 25.5 Å². The summed E-state index contributed by atoms with van der Waals surface area (Å²) in [5, 5.41) is 3.42. The molecule has 1 atom stereocenters. The Morgan fingerprint density at radius 1 is 0.944 bits per heavy atom. The molecule has 0 saturated heterocycles. The van der Waals surface area contributed by atoms with E-state index >= 15 is 0 Å². The van der Waals surface area contributed by atoms with Crippen molar-refractivity contribution >= 4 is 15.9 Å². The molecule has 0 spiro atoms. The van der Waals surface area contributed by atoms with Gasteiger partial charge >= 0.3 is 0 Å². The Bertz CT molecular complexity index is 488. The SMILES string of the molecule is CCNC(C)c1ccc(-c2ccc(Br)cc2)cc1. The second-order valence-electron chi connectivity index (χ2n) is 4.41. The zero-order valence-corrected chi connectivity index (χ0v) is 12.4. The largest absolute Gasteiger partial charge is 0.310 e. The maximum absolute atomic E-state index is 3.46. The first-order valence-electron chi connectivity index (χ1n) is 6.30. The molecule has 18 heavy (non-hydrogen) atoms. The molecule has 0 aromatic heterocycles. The van der Waals surface area contributed by atoms with Gasteiger partial charge in [-0.15, -0.1) is 0 Å². The van der Waals surface area contributed by atoms with E-state index < -0.39 is 0 Å². The number of hydrogen-bond donors (Lipinski definition) is 1. The molecule has 1 nitrogen and oxygen atoms in total. The van der Waals surface area contributed by atoms with Crippen molar-refractivity contribution in [1.29, 1.82) is 0 Å². The van der Waals surface area contributed by atoms with Crippen LogP contribution in [0.15, 0.2) is 53.0 Å². The molecular weight excluding hydrogens is 286 g/mol. The Balaban J connectivity index is 2.19. The second kappa shape index (κ2) is 6.17. The summed E-state index contributed by atoms with van der Waals surface area (Å²) in [6, 6.07) is 17.6. The number of rotatable bonds is 4. The fourth-order valence-electron chi connectivity index (χ4n) is 2.03. The third-order valence-corrected chi connectivity index (χ3v) is 3.63. The zero-order valence-electron chi connectivity index (χ0n) is 10.8. The van der Waals surface area contributed by atoms with Crippen molar-refractivity contribution in [3.63, 3.8) is 0 Å². The Hall–Kier alpha value is -1.12. The standard InChI is InChI=1S/C16H18BrN/c1-3-18-12(2)13-4-6-14(7-5-13)15-8-10-16(17)11-9-15/h4-12,18H,3H2,1-2H3. The highest BCUT2D eigenvalue weighted by atomic mass is 79.9. The highest BCUT2D eigenvalue weighted by Crippen LogP contribution is 2.23. The van der Waals surface area contributed by atoms with Gasteiger partial charge < -0.3 is 5.32 Å². The second-order valence-corrected chi connectivity index (χ2v) is 5.32. The lowest BCUT2D eigenvalue weighted by atomic mass is 10.0.